The molecule has 0 bridgehead atoms. The van der Waals surface area contributed by atoms with Crippen LogP contribution in [0.3, 0.4) is 0 Å². The predicted octanol–water partition coefficient (Wildman–Crippen LogP) is 1.30. The second kappa shape index (κ2) is 18.6. The van der Waals surface area contributed by atoms with Crippen LogP contribution in [0, 0.1) is 5.92 Å². The van der Waals surface area contributed by atoms with Crippen LogP contribution in [0.4, 0.5) is 0 Å². The van der Waals surface area contributed by atoms with Gasteiger partial charge in [-0.15, -0.1) is 0 Å². The lowest BCUT2D eigenvalue weighted by atomic mass is 9.84. The van der Waals surface area contributed by atoms with E-state index in [-0.39, 0.29) is 13.0 Å². The van der Waals surface area contributed by atoms with Crippen molar-refractivity contribution in [1.82, 2.24) is 0 Å². The van der Waals surface area contributed by atoms with Gasteiger partial charge >= 0.3 is 5.97 Å². The van der Waals surface area contributed by atoms with Crippen molar-refractivity contribution in [3.05, 3.63) is 0 Å². The summed E-state index contributed by atoms with van der Waals surface area (Å²) >= 11 is 0. The molecular weight excluding hydrogens is 524 g/mol. The van der Waals surface area contributed by atoms with Crippen molar-refractivity contribution in [3.8, 4) is 0 Å². The number of hydrogen-bond acceptors (Lipinski definition) is 11. The summed E-state index contributed by atoms with van der Waals surface area (Å²) in [6.07, 6.45) is -1.39. The van der Waals surface area contributed by atoms with Gasteiger partial charge in [-0.2, -0.15) is 0 Å². The summed E-state index contributed by atoms with van der Waals surface area (Å²) in [6.45, 7) is 4.18. The highest BCUT2D eigenvalue weighted by Crippen LogP contribution is 2.30. The molecule has 0 aromatic rings. The van der Waals surface area contributed by atoms with Gasteiger partial charge in [-0.05, 0) is 12.3 Å². The van der Waals surface area contributed by atoms with Crippen LogP contribution in [0.1, 0.15) is 104 Å². The van der Waals surface area contributed by atoms with E-state index in [1.165, 1.54) is 51.4 Å². The fourth-order valence-electron chi connectivity index (χ4n) is 5.45. The van der Waals surface area contributed by atoms with Crippen LogP contribution in [0.15, 0.2) is 0 Å². The number of carbonyl (C=O) groups excluding carboxylic acids is 1. The predicted molar refractivity (Wildman–Crippen MR) is 146 cm³/mol. The van der Waals surface area contributed by atoms with E-state index in [2.05, 4.69) is 13.8 Å². The van der Waals surface area contributed by atoms with E-state index in [0.29, 0.717) is 6.42 Å². The second-order valence-corrected chi connectivity index (χ2v) is 11.7. The van der Waals surface area contributed by atoms with E-state index >= 15 is 0 Å². The molecule has 1 saturated carbocycles. The highest BCUT2D eigenvalue weighted by molar-refractivity contribution is 5.69. The normalized spacial score (nSPS) is 35.4. The molecule has 236 valence electrons. The smallest absolute Gasteiger partial charge is 0.306 e. The number of carbonyl (C=O) groups is 1. The lowest BCUT2D eigenvalue weighted by Crippen LogP contribution is -2.67. The van der Waals surface area contributed by atoms with Gasteiger partial charge < -0.3 is 50.0 Å². The van der Waals surface area contributed by atoms with Crippen LogP contribution < -0.4 is 0 Å². The fourth-order valence-corrected chi connectivity index (χ4v) is 5.45. The maximum atomic E-state index is 12.5. The minimum absolute atomic E-state index is 0.0621. The Hall–Kier alpha value is -0.890. The van der Waals surface area contributed by atoms with Gasteiger partial charge in [-0.3, -0.25) is 4.79 Å². The number of aliphatic hydroxyl groups is 7. The summed E-state index contributed by atoms with van der Waals surface area (Å²) in [4.78, 5) is 12.5. The van der Waals surface area contributed by atoms with Crippen LogP contribution >= 0.6 is 0 Å². The number of hydrogen-bond donors (Lipinski definition) is 7. The van der Waals surface area contributed by atoms with Crippen molar-refractivity contribution in [2.75, 3.05) is 6.61 Å². The molecule has 1 aliphatic carbocycles. The van der Waals surface area contributed by atoms with Crippen molar-refractivity contribution in [3.63, 3.8) is 0 Å². The van der Waals surface area contributed by atoms with Gasteiger partial charge in [-0.25, -0.2) is 0 Å². The fraction of sp³-hybridized carbons (Fsp3) is 0.966. The van der Waals surface area contributed by atoms with Crippen molar-refractivity contribution < 1.29 is 54.8 Å². The van der Waals surface area contributed by atoms with Crippen molar-refractivity contribution in [2.45, 2.75) is 165 Å². The SMILES string of the molecule is CCCCCCCCC(C)CCCCCCCC(=O)OC1C(O)C(O)C(O)C(O)C1OC1OCC(O)C(O)C1O. The molecule has 11 heteroatoms. The van der Waals surface area contributed by atoms with E-state index in [1.54, 1.807) is 0 Å². The first-order valence-electron chi connectivity index (χ1n) is 15.3. The quantitative estimate of drug-likeness (QED) is 0.0918. The maximum absolute atomic E-state index is 12.5. The Labute approximate surface area is 238 Å². The van der Waals surface area contributed by atoms with E-state index in [0.717, 1.165) is 31.6 Å². The standard InChI is InChI=1S/C29H54O11/c1-3-4-5-6-8-11-14-18(2)15-12-9-7-10-13-16-20(31)39-27-24(35)22(33)23(34)25(36)28(27)40-29-26(37)21(32)19(30)17-38-29/h18-19,21-30,32-37H,3-17H2,1-2H3. The molecule has 11 unspecified atom stereocenters. The van der Waals surface area contributed by atoms with Crippen LogP contribution in [0.5, 0.6) is 0 Å². The molecule has 2 rings (SSSR count). The molecule has 1 saturated heterocycles. The van der Waals surface area contributed by atoms with Gasteiger partial charge in [0.15, 0.2) is 12.4 Å². The summed E-state index contributed by atoms with van der Waals surface area (Å²) < 4.78 is 16.1. The monoisotopic (exact) mass is 578 g/mol. The third kappa shape index (κ3) is 11.1. The zero-order valence-electron chi connectivity index (χ0n) is 24.2. The Balaban J connectivity index is 1.71. The largest absolute Gasteiger partial charge is 0.457 e. The van der Waals surface area contributed by atoms with Gasteiger partial charge in [0, 0.05) is 6.42 Å². The molecule has 0 radical (unpaired) electrons. The first-order chi connectivity index (χ1) is 19.1. The van der Waals surface area contributed by atoms with E-state index in [1.807, 2.05) is 0 Å². The summed E-state index contributed by atoms with van der Waals surface area (Å²) in [5.41, 5.74) is 0. The molecular formula is C29H54O11. The van der Waals surface area contributed by atoms with Crippen molar-refractivity contribution >= 4 is 5.97 Å². The average Bonchev–Trinajstić information content (AvgIpc) is 2.93. The van der Waals surface area contributed by atoms with E-state index in [4.69, 9.17) is 14.2 Å². The van der Waals surface area contributed by atoms with E-state index < -0.39 is 67.2 Å². The van der Waals surface area contributed by atoms with E-state index in [9.17, 15) is 40.5 Å². The maximum Gasteiger partial charge on any atom is 0.306 e. The van der Waals surface area contributed by atoms with Gasteiger partial charge in [-0.1, -0.05) is 90.9 Å². The second-order valence-electron chi connectivity index (χ2n) is 11.7. The molecule has 0 aromatic heterocycles. The van der Waals surface area contributed by atoms with Crippen molar-refractivity contribution in [2.24, 2.45) is 5.92 Å². The molecule has 1 heterocycles. The van der Waals surface area contributed by atoms with Gasteiger partial charge in [0.1, 0.15) is 48.8 Å². The lowest BCUT2D eigenvalue weighted by molar-refractivity contribution is -0.322. The molecule has 1 aliphatic heterocycles. The minimum Gasteiger partial charge on any atom is -0.457 e. The summed E-state index contributed by atoms with van der Waals surface area (Å²) in [5, 5.41) is 70.9. The summed E-state index contributed by atoms with van der Waals surface area (Å²) in [7, 11) is 0. The molecule has 11 nitrogen and oxygen atoms in total. The van der Waals surface area contributed by atoms with Crippen LogP contribution in [-0.2, 0) is 19.0 Å². The topological polar surface area (TPSA) is 186 Å². The van der Waals surface area contributed by atoms with Crippen LogP contribution in [0.25, 0.3) is 0 Å². The Morgan fingerprint density at radius 2 is 1.23 bits per heavy atom. The molecule has 0 spiro atoms. The number of esters is 1. The highest BCUT2D eigenvalue weighted by atomic mass is 16.7. The van der Waals surface area contributed by atoms with Crippen LogP contribution in [-0.4, -0.2) is 110 Å². The Morgan fingerprint density at radius 3 is 1.82 bits per heavy atom. The van der Waals surface area contributed by atoms with Gasteiger partial charge in [0.2, 0.25) is 0 Å². The molecule has 2 fully saturated rings. The molecule has 11 atom stereocenters. The Morgan fingerprint density at radius 1 is 0.700 bits per heavy atom. The molecule has 0 aromatic carbocycles. The number of unbranched alkanes of at least 4 members (excludes halogenated alkanes) is 9. The zero-order valence-corrected chi connectivity index (χ0v) is 24.2. The average molecular weight is 579 g/mol. The lowest BCUT2D eigenvalue weighted by Gasteiger charge is -2.45. The van der Waals surface area contributed by atoms with Crippen molar-refractivity contribution in [1.29, 1.82) is 0 Å². The first-order valence-corrected chi connectivity index (χ1v) is 15.3. The number of rotatable bonds is 18. The number of aliphatic hydroxyl groups excluding tert-OH is 7. The first kappa shape index (κ1) is 35.3. The highest BCUT2D eigenvalue weighted by Gasteiger charge is 2.53. The third-order valence-corrected chi connectivity index (χ3v) is 8.19. The Kier molecular flexibility index (Phi) is 16.4. The molecule has 2 aliphatic rings. The van der Waals surface area contributed by atoms with Gasteiger partial charge in [0.05, 0.1) is 6.61 Å². The molecule has 0 amide bonds. The zero-order chi connectivity index (χ0) is 29.7. The Bertz CT molecular complexity index is 695. The summed E-state index contributed by atoms with van der Waals surface area (Å²) in [5.74, 6) is 0.0671. The van der Waals surface area contributed by atoms with Crippen LogP contribution in [0.2, 0.25) is 0 Å². The van der Waals surface area contributed by atoms with Gasteiger partial charge in [0.25, 0.3) is 0 Å². The molecule has 40 heavy (non-hydrogen) atoms. The third-order valence-electron chi connectivity index (χ3n) is 8.19. The number of ether oxygens (including phenoxy) is 3. The molecule has 7 N–H and O–H groups in total. The minimum atomic E-state index is -1.82. The summed E-state index contributed by atoms with van der Waals surface area (Å²) in [6, 6.07) is 0.